The van der Waals surface area contributed by atoms with Crippen LogP contribution in [-0.2, 0) is 0 Å². The van der Waals surface area contributed by atoms with E-state index < -0.39 is 11.4 Å². The van der Waals surface area contributed by atoms with Crippen molar-refractivity contribution < 1.29 is 9.90 Å². The number of aryl methyl sites for hydroxylation is 1. The molecule has 3 N–H and O–H groups in total. The number of aliphatic hydroxyl groups is 1. The summed E-state index contributed by atoms with van der Waals surface area (Å²) in [5.41, 5.74) is -0.0115. The zero-order chi connectivity index (χ0) is 12.5. The molecule has 1 aliphatic carbocycles. The second-order valence-corrected chi connectivity index (χ2v) is 4.64. The van der Waals surface area contributed by atoms with Crippen LogP contribution in [0.2, 0.25) is 0 Å². The van der Waals surface area contributed by atoms with Crippen LogP contribution in [0.4, 0.5) is 0 Å². The summed E-state index contributed by atoms with van der Waals surface area (Å²) in [5, 5.41) is 12.0. The molecule has 0 unspecified atom stereocenters. The molecule has 0 aliphatic heterocycles. The molecule has 1 fully saturated rings. The van der Waals surface area contributed by atoms with Crippen molar-refractivity contribution in [1.82, 2.24) is 10.3 Å². The number of carbonyl (C=O) groups is 1. The Morgan fingerprint density at radius 1 is 1.59 bits per heavy atom. The van der Waals surface area contributed by atoms with Crippen molar-refractivity contribution in [3.8, 4) is 0 Å². The number of hydrogen-bond acceptors (Lipinski definition) is 3. The Morgan fingerprint density at radius 3 is 2.76 bits per heavy atom. The molecular formula is C12H16N2O3. The fourth-order valence-corrected chi connectivity index (χ4v) is 1.99. The van der Waals surface area contributed by atoms with E-state index in [-0.39, 0.29) is 17.6 Å². The Morgan fingerprint density at radius 2 is 2.29 bits per heavy atom. The van der Waals surface area contributed by atoms with Crippen LogP contribution in [-0.4, -0.2) is 28.1 Å². The first-order chi connectivity index (χ1) is 8.06. The van der Waals surface area contributed by atoms with Gasteiger partial charge in [-0.3, -0.25) is 9.59 Å². The van der Waals surface area contributed by atoms with Crippen LogP contribution in [0.5, 0.6) is 0 Å². The molecule has 1 heterocycles. The monoisotopic (exact) mass is 236 g/mol. The zero-order valence-electron chi connectivity index (χ0n) is 9.75. The summed E-state index contributed by atoms with van der Waals surface area (Å²) in [5.74, 6) is -0.417. The SMILES string of the molecule is Cc1cc(=O)c(C(=O)NC2(CO)CCC2)c[nH]1. The van der Waals surface area contributed by atoms with Gasteiger partial charge in [0.2, 0.25) is 0 Å². The van der Waals surface area contributed by atoms with Crippen LogP contribution in [0, 0.1) is 6.92 Å². The average Bonchev–Trinajstić information content (AvgIpc) is 2.23. The highest BCUT2D eigenvalue weighted by Gasteiger charge is 2.38. The summed E-state index contributed by atoms with van der Waals surface area (Å²) in [7, 11) is 0. The molecule has 1 aromatic rings. The molecule has 92 valence electrons. The summed E-state index contributed by atoms with van der Waals surface area (Å²) in [4.78, 5) is 26.4. The molecule has 1 aromatic heterocycles. The molecule has 0 spiro atoms. The van der Waals surface area contributed by atoms with Crippen LogP contribution >= 0.6 is 0 Å². The third-order valence-electron chi connectivity index (χ3n) is 3.29. The first-order valence-electron chi connectivity index (χ1n) is 5.69. The summed E-state index contributed by atoms with van der Waals surface area (Å²) >= 11 is 0. The van der Waals surface area contributed by atoms with Crippen molar-refractivity contribution in [2.24, 2.45) is 0 Å². The van der Waals surface area contributed by atoms with Crippen LogP contribution in [0.3, 0.4) is 0 Å². The van der Waals surface area contributed by atoms with E-state index in [0.29, 0.717) is 5.69 Å². The molecule has 0 aromatic carbocycles. The quantitative estimate of drug-likeness (QED) is 0.707. The molecule has 5 heteroatoms. The van der Waals surface area contributed by atoms with Gasteiger partial charge >= 0.3 is 0 Å². The minimum atomic E-state index is -0.519. The number of hydrogen-bond donors (Lipinski definition) is 3. The smallest absolute Gasteiger partial charge is 0.257 e. The molecule has 17 heavy (non-hydrogen) atoms. The first-order valence-corrected chi connectivity index (χ1v) is 5.69. The van der Waals surface area contributed by atoms with Crippen LogP contribution in [0.15, 0.2) is 17.1 Å². The summed E-state index contributed by atoms with van der Waals surface area (Å²) in [6.07, 6.45) is 3.93. The number of nitrogens with one attached hydrogen (secondary N) is 2. The van der Waals surface area contributed by atoms with Gasteiger partial charge in [-0.25, -0.2) is 0 Å². The van der Waals surface area contributed by atoms with Gasteiger partial charge in [0, 0.05) is 18.0 Å². The van der Waals surface area contributed by atoms with E-state index in [2.05, 4.69) is 10.3 Å². The van der Waals surface area contributed by atoms with E-state index in [1.54, 1.807) is 6.92 Å². The minimum absolute atomic E-state index is 0.0808. The van der Waals surface area contributed by atoms with Gasteiger partial charge in [0.05, 0.1) is 12.1 Å². The van der Waals surface area contributed by atoms with E-state index in [4.69, 9.17) is 0 Å². The molecule has 1 amide bonds. The first kappa shape index (κ1) is 11.9. The number of H-pyrrole nitrogens is 1. The van der Waals surface area contributed by atoms with Crippen LogP contribution in [0.25, 0.3) is 0 Å². The number of aliphatic hydroxyl groups excluding tert-OH is 1. The molecular weight excluding hydrogens is 220 g/mol. The molecule has 2 rings (SSSR count). The van der Waals surface area contributed by atoms with E-state index in [1.807, 2.05) is 0 Å². The average molecular weight is 236 g/mol. The highest BCUT2D eigenvalue weighted by atomic mass is 16.3. The van der Waals surface area contributed by atoms with Gasteiger partial charge < -0.3 is 15.4 Å². The number of aromatic nitrogens is 1. The van der Waals surface area contributed by atoms with Crippen molar-refractivity contribution in [2.45, 2.75) is 31.7 Å². The summed E-state index contributed by atoms with van der Waals surface area (Å²) < 4.78 is 0. The second kappa shape index (κ2) is 4.33. The van der Waals surface area contributed by atoms with E-state index in [0.717, 1.165) is 19.3 Å². The summed E-state index contributed by atoms with van der Waals surface area (Å²) in [6, 6.07) is 1.39. The van der Waals surface area contributed by atoms with Gasteiger partial charge in [-0.15, -0.1) is 0 Å². The second-order valence-electron chi connectivity index (χ2n) is 4.64. The van der Waals surface area contributed by atoms with E-state index in [9.17, 15) is 14.7 Å². The van der Waals surface area contributed by atoms with Crippen LogP contribution in [0.1, 0.15) is 35.3 Å². The molecule has 0 saturated heterocycles. The Hall–Kier alpha value is -1.62. The Kier molecular flexibility index (Phi) is 3.02. The van der Waals surface area contributed by atoms with Crippen molar-refractivity contribution in [3.63, 3.8) is 0 Å². The van der Waals surface area contributed by atoms with Crippen molar-refractivity contribution in [3.05, 3.63) is 33.7 Å². The molecule has 1 aliphatic rings. The van der Waals surface area contributed by atoms with Gasteiger partial charge in [0.1, 0.15) is 5.56 Å². The molecule has 0 atom stereocenters. The lowest BCUT2D eigenvalue weighted by Gasteiger charge is -2.40. The molecule has 0 radical (unpaired) electrons. The van der Waals surface area contributed by atoms with Gasteiger partial charge in [0.25, 0.3) is 5.91 Å². The molecule has 5 nitrogen and oxygen atoms in total. The fraction of sp³-hybridized carbons (Fsp3) is 0.500. The lowest BCUT2D eigenvalue weighted by molar-refractivity contribution is 0.0640. The molecule has 0 bridgehead atoms. The highest BCUT2D eigenvalue weighted by Crippen LogP contribution is 2.31. The minimum Gasteiger partial charge on any atom is -0.394 e. The lowest BCUT2D eigenvalue weighted by atomic mass is 9.77. The van der Waals surface area contributed by atoms with Gasteiger partial charge in [-0.2, -0.15) is 0 Å². The zero-order valence-corrected chi connectivity index (χ0v) is 9.75. The number of pyridine rings is 1. The third kappa shape index (κ3) is 2.24. The van der Waals surface area contributed by atoms with Gasteiger partial charge in [-0.1, -0.05) is 0 Å². The highest BCUT2D eigenvalue weighted by molar-refractivity contribution is 5.94. The van der Waals surface area contributed by atoms with Crippen LogP contribution < -0.4 is 10.7 Å². The number of amides is 1. The Labute approximate surface area is 98.9 Å². The molecule has 1 saturated carbocycles. The van der Waals surface area contributed by atoms with Crippen molar-refractivity contribution >= 4 is 5.91 Å². The standard InChI is InChI=1S/C12H16N2O3/c1-8-5-10(16)9(6-13-8)11(17)14-12(7-15)3-2-4-12/h5-6,15H,2-4,7H2,1H3,(H,13,16)(H,14,17). The normalized spacial score (nSPS) is 17.3. The predicted molar refractivity (Wildman–Crippen MR) is 62.9 cm³/mol. The maximum Gasteiger partial charge on any atom is 0.257 e. The lowest BCUT2D eigenvalue weighted by Crippen LogP contribution is -2.56. The fourth-order valence-electron chi connectivity index (χ4n) is 1.99. The maximum absolute atomic E-state index is 11.9. The van der Waals surface area contributed by atoms with Crippen molar-refractivity contribution in [2.75, 3.05) is 6.61 Å². The topological polar surface area (TPSA) is 82.2 Å². The number of carbonyl (C=O) groups excluding carboxylic acids is 1. The van der Waals surface area contributed by atoms with Gasteiger partial charge in [-0.05, 0) is 26.2 Å². The summed E-state index contributed by atoms with van der Waals surface area (Å²) in [6.45, 7) is 1.67. The predicted octanol–water partition coefficient (Wildman–Crippen LogP) is 0.328. The number of rotatable bonds is 3. The number of aromatic amines is 1. The largest absolute Gasteiger partial charge is 0.394 e. The van der Waals surface area contributed by atoms with Gasteiger partial charge in [0.15, 0.2) is 5.43 Å². The van der Waals surface area contributed by atoms with Crippen molar-refractivity contribution in [1.29, 1.82) is 0 Å². The third-order valence-corrected chi connectivity index (χ3v) is 3.29. The maximum atomic E-state index is 11.9. The Bertz CT molecular complexity index is 483. The Balaban J connectivity index is 2.17. The van der Waals surface area contributed by atoms with E-state index >= 15 is 0 Å². The van der Waals surface area contributed by atoms with E-state index in [1.165, 1.54) is 12.3 Å².